The average molecular weight is 248 g/mol. The number of rotatable bonds is 2. The highest BCUT2D eigenvalue weighted by atomic mass is 32.2. The molecule has 0 spiro atoms. The third-order valence-corrected chi connectivity index (χ3v) is 5.59. The number of nitrogens with two attached hydrogens (primary N) is 1. The molecule has 2 aliphatic heterocycles. The van der Waals surface area contributed by atoms with Crippen molar-refractivity contribution < 1.29 is 13.2 Å². The van der Waals surface area contributed by atoms with Gasteiger partial charge in [-0.2, -0.15) is 0 Å². The first-order valence-electron chi connectivity index (χ1n) is 5.93. The van der Waals surface area contributed by atoms with Gasteiger partial charge in [0.1, 0.15) is 0 Å². The van der Waals surface area contributed by atoms with E-state index in [1.54, 1.807) is 4.31 Å². The van der Waals surface area contributed by atoms with Crippen molar-refractivity contribution in [1.82, 2.24) is 4.31 Å². The summed E-state index contributed by atoms with van der Waals surface area (Å²) in [6.45, 7) is 2.12. The molecule has 2 saturated heterocycles. The summed E-state index contributed by atoms with van der Waals surface area (Å²) in [7, 11) is -3.19. The Labute approximate surface area is 97.0 Å². The molecule has 0 radical (unpaired) electrons. The van der Waals surface area contributed by atoms with Crippen LogP contribution in [-0.2, 0) is 14.8 Å². The van der Waals surface area contributed by atoms with Crippen LogP contribution in [0.5, 0.6) is 0 Å². The molecule has 6 heteroatoms. The van der Waals surface area contributed by atoms with E-state index in [2.05, 4.69) is 0 Å². The first-order valence-corrected chi connectivity index (χ1v) is 7.43. The van der Waals surface area contributed by atoms with Crippen LogP contribution in [0.3, 0.4) is 0 Å². The zero-order chi connectivity index (χ0) is 11.6. The first-order chi connectivity index (χ1) is 7.60. The van der Waals surface area contributed by atoms with E-state index >= 15 is 0 Å². The molecule has 0 aromatic carbocycles. The minimum atomic E-state index is -3.19. The van der Waals surface area contributed by atoms with Crippen molar-refractivity contribution >= 4 is 10.0 Å². The molecular weight excluding hydrogens is 228 g/mol. The second-order valence-electron chi connectivity index (χ2n) is 4.64. The molecule has 16 heavy (non-hydrogen) atoms. The highest BCUT2D eigenvalue weighted by Crippen LogP contribution is 2.21. The van der Waals surface area contributed by atoms with Crippen LogP contribution in [0.4, 0.5) is 0 Å². The Morgan fingerprint density at radius 1 is 1.25 bits per heavy atom. The Kier molecular flexibility index (Phi) is 3.84. The number of hydrogen-bond donors (Lipinski definition) is 1. The molecule has 0 saturated carbocycles. The van der Waals surface area contributed by atoms with E-state index in [0.29, 0.717) is 32.7 Å². The van der Waals surface area contributed by atoms with Gasteiger partial charge in [0.25, 0.3) is 0 Å². The second-order valence-corrected chi connectivity index (χ2v) is 6.86. The normalized spacial score (nSPS) is 33.8. The maximum absolute atomic E-state index is 12.3. The van der Waals surface area contributed by atoms with Crippen LogP contribution in [0.1, 0.15) is 25.7 Å². The van der Waals surface area contributed by atoms with Gasteiger partial charge in [-0.05, 0) is 25.7 Å². The lowest BCUT2D eigenvalue weighted by molar-refractivity contribution is 0.0970. The molecule has 2 atom stereocenters. The highest BCUT2D eigenvalue weighted by Gasteiger charge is 2.35. The summed E-state index contributed by atoms with van der Waals surface area (Å²) in [5, 5.41) is -0.355. The average Bonchev–Trinajstić information content (AvgIpc) is 2.30. The summed E-state index contributed by atoms with van der Waals surface area (Å²) in [5.74, 6) is 0. The number of sulfonamides is 1. The van der Waals surface area contributed by atoms with Crippen LogP contribution >= 0.6 is 0 Å². The molecule has 2 fully saturated rings. The third-order valence-electron chi connectivity index (χ3n) is 3.32. The lowest BCUT2D eigenvalue weighted by atomic mass is 10.1. The molecule has 2 N–H and O–H groups in total. The van der Waals surface area contributed by atoms with Gasteiger partial charge >= 0.3 is 0 Å². The Balaban J connectivity index is 2.05. The quantitative estimate of drug-likeness (QED) is 0.742. The monoisotopic (exact) mass is 248 g/mol. The van der Waals surface area contributed by atoms with Gasteiger partial charge in [0.15, 0.2) is 0 Å². The molecule has 0 aromatic heterocycles. The topological polar surface area (TPSA) is 72.6 Å². The van der Waals surface area contributed by atoms with Gasteiger partial charge in [0.05, 0.1) is 11.9 Å². The Hall–Kier alpha value is -0.170. The summed E-state index contributed by atoms with van der Waals surface area (Å²) in [4.78, 5) is 0. The van der Waals surface area contributed by atoms with Gasteiger partial charge in [0, 0.05) is 25.7 Å². The lowest BCUT2D eigenvalue weighted by Gasteiger charge is -2.34. The fraction of sp³-hybridized carbons (Fsp3) is 1.00. The summed E-state index contributed by atoms with van der Waals surface area (Å²) in [6.07, 6.45) is 3.35. The van der Waals surface area contributed by atoms with Gasteiger partial charge in [-0.3, -0.25) is 0 Å². The maximum Gasteiger partial charge on any atom is 0.219 e. The van der Waals surface area contributed by atoms with Gasteiger partial charge in [-0.25, -0.2) is 12.7 Å². The van der Waals surface area contributed by atoms with Crippen molar-refractivity contribution in [3.05, 3.63) is 0 Å². The number of nitrogens with zero attached hydrogens (tertiary/aromatic N) is 1. The largest absolute Gasteiger partial charge is 0.380 e. The minimum absolute atomic E-state index is 0.00645. The molecule has 0 aromatic rings. The number of hydrogen-bond acceptors (Lipinski definition) is 4. The molecule has 5 nitrogen and oxygen atoms in total. The van der Waals surface area contributed by atoms with E-state index in [9.17, 15) is 8.42 Å². The van der Waals surface area contributed by atoms with E-state index in [4.69, 9.17) is 10.5 Å². The predicted molar refractivity (Wildman–Crippen MR) is 61.5 cm³/mol. The molecule has 0 aliphatic carbocycles. The third kappa shape index (κ3) is 2.56. The predicted octanol–water partition coefficient (Wildman–Crippen LogP) is -0.0817. The molecule has 2 aliphatic rings. The van der Waals surface area contributed by atoms with Crippen LogP contribution < -0.4 is 5.73 Å². The van der Waals surface area contributed by atoms with Crippen molar-refractivity contribution in [2.75, 3.05) is 26.3 Å². The van der Waals surface area contributed by atoms with Gasteiger partial charge in [-0.15, -0.1) is 0 Å². The highest BCUT2D eigenvalue weighted by molar-refractivity contribution is 7.89. The lowest BCUT2D eigenvalue weighted by Crippen LogP contribution is -2.50. The zero-order valence-electron chi connectivity index (χ0n) is 9.47. The van der Waals surface area contributed by atoms with Crippen LogP contribution in [0.25, 0.3) is 0 Å². The fourth-order valence-electron chi connectivity index (χ4n) is 2.36. The second kappa shape index (κ2) is 5.00. The van der Waals surface area contributed by atoms with Crippen molar-refractivity contribution in [3.63, 3.8) is 0 Å². The molecule has 0 amide bonds. The summed E-state index contributed by atoms with van der Waals surface area (Å²) in [5.41, 5.74) is 5.81. The van der Waals surface area contributed by atoms with Crippen molar-refractivity contribution in [2.24, 2.45) is 5.73 Å². The first kappa shape index (κ1) is 12.3. The SMILES string of the molecule is NC1CCCN(S(=O)(=O)C2CCCOC2)C1. The Morgan fingerprint density at radius 2 is 2.06 bits per heavy atom. The zero-order valence-corrected chi connectivity index (χ0v) is 10.3. The van der Waals surface area contributed by atoms with E-state index in [1.807, 2.05) is 0 Å². The van der Waals surface area contributed by atoms with E-state index in [-0.39, 0.29) is 11.3 Å². The molecular formula is C10H20N2O3S. The number of piperidine rings is 1. The minimum Gasteiger partial charge on any atom is -0.380 e. The summed E-state index contributed by atoms with van der Waals surface area (Å²) >= 11 is 0. The molecule has 2 rings (SSSR count). The molecule has 0 bridgehead atoms. The van der Waals surface area contributed by atoms with Crippen molar-refractivity contribution in [2.45, 2.75) is 37.0 Å². The summed E-state index contributed by atoms with van der Waals surface area (Å²) < 4.78 is 31.4. The van der Waals surface area contributed by atoms with Crippen LogP contribution in [-0.4, -0.2) is 50.3 Å². The molecule has 2 unspecified atom stereocenters. The van der Waals surface area contributed by atoms with E-state index < -0.39 is 10.0 Å². The van der Waals surface area contributed by atoms with Crippen LogP contribution in [0, 0.1) is 0 Å². The molecule has 94 valence electrons. The number of ether oxygens (including phenoxy) is 1. The molecule has 2 heterocycles. The van der Waals surface area contributed by atoms with Crippen molar-refractivity contribution in [3.8, 4) is 0 Å². The van der Waals surface area contributed by atoms with Crippen LogP contribution in [0.2, 0.25) is 0 Å². The van der Waals surface area contributed by atoms with Gasteiger partial charge < -0.3 is 10.5 Å². The Morgan fingerprint density at radius 3 is 2.69 bits per heavy atom. The Bertz CT molecular complexity index is 325. The standard InChI is InChI=1S/C10H20N2O3S/c11-9-3-1-5-12(7-9)16(13,14)10-4-2-6-15-8-10/h9-10H,1-8,11H2. The summed E-state index contributed by atoms with van der Waals surface area (Å²) in [6, 6.07) is -0.00645. The smallest absolute Gasteiger partial charge is 0.219 e. The fourth-order valence-corrected chi connectivity index (χ4v) is 4.30. The van der Waals surface area contributed by atoms with Crippen LogP contribution in [0.15, 0.2) is 0 Å². The van der Waals surface area contributed by atoms with Crippen molar-refractivity contribution in [1.29, 1.82) is 0 Å². The van der Waals surface area contributed by atoms with Gasteiger partial charge in [-0.1, -0.05) is 0 Å². The van der Waals surface area contributed by atoms with E-state index in [1.165, 1.54) is 0 Å². The maximum atomic E-state index is 12.3. The van der Waals surface area contributed by atoms with Gasteiger partial charge in [0.2, 0.25) is 10.0 Å². The van der Waals surface area contributed by atoms with E-state index in [0.717, 1.165) is 19.3 Å².